The number of carboxylic acid groups (broad SMARTS) is 1. The Labute approximate surface area is 111 Å². The minimum atomic E-state index is -1.00. The molecular weight excluding hydrogens is 248 g/mol. The Morgan fingerprint density at radius 1 is 1.05 bits per heavy atom. The van der Waals surface area contributed by atoms with E-state index in [0.717, 1.165) is 6.08 Å². The standard InChI is InChI=1S/C14H16O5/c1-17-10-8-12(18-2)11(13(9-10)19-3)6-4-5-7-14(15)16/h4-9H,1-3H3,(H,15,16). The van der Waals surface area contributed by atoms with Gasteiger partial charge < -0.3 is 19.3 Å². The molecule has 0 aliphatic carbocycles. The number of rotatable bonds is 6. The van der Waals surface area contributed by atoms with Gasteiger partial charge >= 0.3 is 5.97 Å². The zero-order valence-corrected chi connectivity index (χ0v) is 11.0. The Bertz CT molecular complexity index is 478. The van der Waals surface area contributed by atoms with Crippen molar-refractivity contribution in [1.82, 2.24) is 0 Å². The highest BCUT2D eigenvalue weighted by molar-refractivity contribution is 5.80. The average molecular weight is 264 g/mol. The highest BCUT2D eigenvalue weighted by Crippen LogP contribution is 2.34. The molecule has 0 spiro atoms. The molecule has 1 aromatic rings. The predicted molar refractivity (Wildman–Crippen MR) is 71.9 cm³/mol. The fraction of sp³-hybridized carbons (Fsp3) is 0.214. The first-order valence-electron chi connectivity index (χ1n) is 5.50. The van der Waals surface area contributed by atoms with E-state index in [-0.39, 0.29) is 0 Å². The molecule has 0 radical (unpaired) electrons. The predicted octanol–water partition coefficient (Wildman–Crippen LogP) is 2.37. The van der Waals surface area contributed by atoms with Crippen LogP contribution in [0.4, 0.5) is 0 Å². The second kappa shape index (κ2) is 7.10. The van der Waals surface area contributed by atoms with Crippen molar-refractivity contribution < 1.29 is 24.1 Å². The van der Waals surface area contributed by atoms with E-state index in [4.69, 9.17) is 19.3 Å². The van der Waals surface area contributed by atoms with Crippen LogP contribution in [-0.2, 0) is 4.79 Å². The van der Waals surface area contributed by atoms with Gasteiger partial charge in [-0.15, -0.1) is 0 Å². The zero-order valence-electron chi connectivity index (χ0n) is 11.0. The molecule has 19 heavy (non-hydrogen) atoms. The summed E-state index contributed by atoms with van der Waals surface area (Å²) >= 11 is 0. The SMILES string of the molecule is COc1cc(OC)c(C=CC=CC(=O)O)c(OC)c1. The molecule has 0 atom stereocenters. The van der Waals surface area contributed by atoms with Crippen LogP contribution in [-0.4, -0.2) is 32.4 Å². The zero-order chi connectivity index (χ0) is 14.3. The molecule has 0 heterocycles. The summed E-state index contributed by atoms with van der Waals surface area (Å²) in [6.45, 7) is 0. The van der Waals surface area contributed by atoms with Gasteiger partial charge in [-0.25, -0.2) is 4.79 Å². The summed E-state index contributed by atoms with van der Waals surface area (Å²) < 4.78 is 15.6. The molecule has 0 fully saturated rings. The van der Waals surface area contributed by atoms with Gasteiger partial charge in [0.1, 0.15) is 17.2 Å². The summed E-state index contributed by atoms with van der Waals surface area (Å²) in [5, 5.41) is 8.49. The van der Waals surface area contributed by atoms with Crippen molar-refractivity contribution in [2.24, 2.45) is 0 Å². The average Bonchev–Trinajstić information content (AvgIpc) is 2.42. The number of hydrogen-bond donors (Lipinski definition) is 1. The Kier molecular flexibility index (Phi) is 5.47. The number of ether oxygens (including phenoxy) is 3. The summed E-state index contributed by atoms with van der Waals surface area (Å²) in [6, 6.07) is 3.45. The maximum absolute atomic E-state index is 10.4. The fourth-order valence-corrected chi connectivity index (χ4v) is 1.49. The highest BCUT2D eigenvalue weighted by Gasteiger charge is 2.10. The van der Waals surface area contributed by atoms with Crippen LogP contribution < -0.4 is 14.2 Å². The van der Waals surface area contributed by atoms with Crippen LogP contribution in [0.1, 0.15) is 5.56 Å². The monoisotopic (exact) mass is 264 g/mol. The van der Waals surface area contributed by atoms with Crippen molar-refractivity contribution >= 4 is 12.0 Å². The lowest BCUT2D eigenvalue weighted by Gasteiger charge is -2.12. The van der Waals surface area contributed by atoms with Gasteiger partial charge in [0.05, 0.1) is 26.9 Å². The van der Waals surface area contributed by atoms with Crippen molar-refractivity contribution in [3.05, 3.63) is 35.9 Å². The third-order valence-electron chi connectivity index (χ3n) is 2.37. The first-order chi connectivity index (χ1) is 9.12. The molecule has 1 N–H and O–H groups in total. The Morgan fingerprint density at radius 2 is 1.63 bits per heavy atom. The molecule has 5 heteroatoms. The van der Waals surface area contributed by atoms with E-state index in [1.807, 2.05) is 0 Å². The lowest BCUT2D eigenvalue weighted by molar-refractivity contribution is -0.131. The number of carboxylic acids is 1. The van der Waals surface area contributed by atoms with E-state index in [2.05, 4.69) is 0 Å². The van der Waals surface area contributed by atoms with E-state index < -0.39 is 5.97 Å². The van der Waals surface area contributed by atoms with Gasteiger partial charge in [0.2, 0.25) is 0 Å². The molecule has 0 saturated carbocycles. The molecule has 0 unspecified atom stereocenters. The first-order valence-corrected chi connectivity index (χ1v) is 5.50. The molecule has 0 aliphatic heterocycles. The Morgan fingerprint density at radius 3 is 2.05 bits per heavy atom. The topological polar surface area (TPSA) is 65.0 Å². The van der Waals surface area contributed by atoms with Crippen LogP contribution in [0.3, 0.4) is 0 Å². The number of hydrogen-bond acceptors (Lipinski definition) is 4. The summed E-state index contributed by atoms with van der Waals surface area (Å²) in [6.07, 6.45) is 5.77. The largest absolute Gasteiger partial charge is 0.496 e. The number of allylic oxidation sites excluding steroid dienone is 2. The first kappa shape index (κ1) is 14.6. The minimum Gasteiger partial charge on any atom is -0.496 e. The maximum atomic E-state index is 10.4. The molecule has 1 rings (SSSR count). The normalized spacial score (nSPS) is 10.9. The summed E-state index contributed by atoms with van der Waals surface area (Å²) in [7, 11) is 4.64. The molecular formula is C14H16O5. The number of benzene rings is 1. The molecule has 1 aromatic carbocycles. The lowest BCUT2D eigenvalue weighted by atomic mass is 10.1. The van der Waals surface area contributed by atoms with Gasteiger partial charge in [-0.05, 0) is 6.08 Å². The van der Waals surface area contributed by atoms with E-state index in [1.165, 1.54) is 6.08 Å². The molecule has 0 aromatic heterocycles. The van der Waals surface area contributed by atoms with Crippen molar-refractivity contribution in [3.8, 4) is 17.2 Å². The highest BCUT2D eigenvalue weighted by atomic mass is 16.5. The summed E-state index contributed by atoms with van der Waals surface area (Å²) in [5.74, 6) is 0.776. The third kappa shape index (κ3) is 4.06. The molecule has 0 saturated heterocycles. The van der Waals surface area contributed by atoms with Crippen LogP contribution in [0.15, 0.2) is 30.4 Å². The summed E-state index contributed by atoms with van der Waals surface area (Å²) in [5.41, 5.74) is 0.709. The van der Waals surface area contributed by atoms with Crippen molar-refractivity contribution in [2.75, 3.05) is 21.3 Å². The second-order valence-electron chi connectivity index (χ2n) is 3.50. The quantitative estimate of drug-likeness (QED) is 0.631. The third-order valence-corrected chi connectivity index (χ3v) is 2.37. The molecule has 102 valence electrons. The van der Waals surface area contributed by atoms with Gasteiger partial charge in [0.25, 0.3) is 0 Å². The number of methoxy groups -OCH3 is 3. The Hall–Kier alpha value is -2.43. The van der Waals surface area contributed by atoms with Crippen LogP contribution in [0.25, 0.3) is 6.08 Å². The second-order valence-corrected chi connectivity index (χ2v) is 3.50. The smallest absolute Gasteiger partial charge is 0.328 e. The van der Waals surface area contributed by atoms with Gasteiger partial charge in [-0.1, -0.05) is 12.2 Å². The van der Waals surface area contributed by atoms with Crippen LogP contribution in [0.5, 0.6) is 17.2 Å². The van der Waals surface area contributed by atoms with Gasteiger partial charge in [-0.2, -0.15) is 0 Å². The Balaban J connectivity index is 3.13. The number of aliphatic carboxylic acids is 1. The van der Waals surface area contributed by atoms with Crippen molar-refractivity contribution in [3.63, 3.8) is 0 Å². The molecule has 0 aliphatic rings. The van der Waals surface area contributed by atoms with Crippen molar-refractivity contribution in [2.45, 2.75) is 0 Å². The van der Waals surface area contributed by atoms with Crippen LogP contribution in [0, 0.1) is 0 Å². The van der Waals surface area contributed by atoms with Crippen LogP contribution in [0.2, 0.25) is 0 Å². The maximum Gasteiger partial charge on any atom is 0.328 e. The van der Waals surface area contributed by atoms with E-state index in [1.54, 1.807) is 45.6 Å². The van der Waals surface area contributed by atoms with Gasteiger partial charge in [0, 0.05) is 18.2 Å². The number of carbonyl (C=O) groups is 1. The van der Waals surface area contributed by atoms with E-state index in [9.17, 15) is 4.79 Å². The van der Waals surface area contributed by atoms with Crippen molar-refractivity contribution in [1.29, 1.82) is 0 Å². The lowest BCUT2D eigenvalue weighted by Crippen LogP contribution is -1.94. The van der Waals surface area contributed by atoms with Gasteiger partial charge in [-0.3, -0.25) is 0 Å². The minimum absolute atomic E-state index is 0.580. The van der Waals surface area contributed by atoms with Gasteiger partial charge in [0.15, 0.2) is 0 Å². The van der Waals surface area contributed by atoms with E-state index in [0.29, 0.717) is 22.8 Å². The fourth-order valence-electron chi connectivity index (χ4n) is 1.49. The summed E-state index contributed by atoms with van der Waals surface area (Å²) in [4.78, 5) is 10.4. The van der Waals surface area contributed by atoms with Crippen LogP contribution >= 0.6 is 0 Å². The molecule has 0 bridgehead atoms. The molecule has 0 amide bonds. The molecule has 5 nitrogen and oxygen atoms in total. The van der Waals surface area contributed by atoms with E-state index >= 15 is 0 Å².